The van der Waals surface area contributed by atoms with Gasteiger partial charge in [0.05, 0.1) is 23.3 Å². The monoisotopic (exact) mass is 452 g/mol. The van der Waals surface area contributed by atoms with Crippen LogP contribution in [0.2, 0.25) is 0 Å². The lowest BCUT2D eigenvalue weighted by molar-refractivity contribution is -0.114. The predicted octanol–water partition coefficient (Wildman–Crippen LogP) is 3.92. The fourth-order valence-electron chi connectivity index (χ4n) is 3.20. The molecule has 0 aliphatic carbocycles. The molecule has 0 fully saturated rings. The number of anilines is 2. The van der Waals surface area contributed by atoms with Gasteiger partial charge in [-0.3, -0.25) is 9.10 Å². The normalized spacial score (nSPS) is 11.0. The Morgan fingerprint density at radius 1 is 0.938 bits per heavy atom. The first-order valence-corrected chi connectivity index (χ1v) is 11.3. The van der Waals surface area contributed by atoms with Gasteiger partial charge in [-0.05, 0) is 61.4 Å². The smallest absolute Gasteiger partial charge is 0.337 e. The van der Waals surface area contributed by atoms with E-state index in [-0.39, 0.29) is 10.5 Å². The number of hydrogen-bond acceptors (Lipinski definition) is 5. The van der Waals surface area contributed by atoms with Crippen molar-refractivity contribution in [2.24, 2.45) is 0 Å². The molecule has 0 saturated carbocycles. The number of hydrogen-bond donors (Lipinski definition) is 1. The number of nitrogens with zero attached hydrogens (tertiary/aromatic N) is 1. The van der Waals surface area contributed by atoms with E-state index in [9.17, 15) is 18.0 Å². The van der Waals surface area contributed by atoms with E-state index in [1.165, 1.54) is 25.3 Å². The number of nitrogens with one attached hydrogen (secondary N) is 1. The zero-order valence-electron chi connectivity index (χ0n) is 18.0. The van der Waals surface area contributed by atoms with Crippen molar-refractivity contribution in [2.75, 3.05) is 23.3 Å². The summed E-state index contributed by atoms with van der Waals surface area (Å²) in [6, 6.07) is 19.5. The quantitative estimate of drug-likeness (QED) is 0.549. The van der Waals surface area contributed by atoms with Crippen LogP contribution >= 0.6 is 0 Å². The molecule has 0 radical (unpaired) electrons. The third kappa shape index (κ3) is 4.97. The third-order valence-electron chi connectivity index (χ3n) is 5.03. The van der Waals surface area contributed by atoms with Crippen LogP contribution in [0.3, 0.4) is 0 Å². The van der Waals surface area contributed by atoms with Crippen molar-refractivity contribution in [1.82, 2.24) is 0 Å². The number of sulfonamides is 1. The molecule has 0 spiro atoms. The average Bonchev–Trinajstić information content (AvgIpc) is 2.79. The van der Waals surface area contributed by atoms with E-state index in [0.29, 0.717) is 11.4 Å². The molecule has 0 atom stereocenters. The Labute approximate surface area is 187 Å². The standard InChI is InChI=1S/C24H24N2O5S/c1-17-9-7-14-22(18(17)2)26(32(29,30)21-12-5-4-6-13-21)16-23(27)25-20-11-8-10-19(15-20)24(28)31-3/h4-15H,16H2,1-3H3,(H,25,27). The van der Waals surface area contributed by atoms with Crippen molar-refractivity contribution in [3.8, 4) is 0 Å². The van der Waals surface area contributed by atoms with Crippen LogP contribution in [0, 0.1) is 13.8 Å². The van der Waals surface area contributed by atoms with Gasteiger partial charge in [0.15, 0.2) is 0 Å². The van der Waals surface area contributed by atoms with Crippen LogP contribution in [0.5, 0.6) is 0 Å². The lowest BCUT2D eigenvalue weighted by Gasteiger charge is -2.26. The second kappa shape index (κ2) is 9.65. The highest BCUT2D eigenvalue weighted by Crippen LogP contribution is 2.28. The maximum atomic E-state index is 13.5. The number of ether oxygens (including phenoxy) is 1. The van der Waals surface area contributed by atoms with Gasteiger partial charge in [-0.2, -0.15) is 0 Å². The SMILES string of the molecule is COC(=O)c1cccc(NC(=O)CN(c2cccc(C)c2C)S(=O)(=O)c2ccccc2)c1. The van der Waals surface area contributed by atoms with Crippen LogP contribution in [0.25, 0.3) is 0 Å². The predicted molar refractivity (Wildman–Crippen MR) is 123 cm³/mol. The minimum Gasteiger partial charge on any atom is -0.465 e. The van der Waals surface area contributed by atoms with Crippen molar-refractivity contribution in [3.63, 3.8) is 0 Å². The van der Waals surface area contributed by atoms with Crippen LogP contribution in [-0.2, 0) is 19.6 Å². The average molecular weight is 453 g/mol. The van der Waals surface area contributed by atoms with Crippen molar-refractivity contribution in [2.45, 2.75) is 18.7 Å². The Balaban J connectivity index is 1.95. The molecule has 0 unspecified atom stereocenters. The first-order valence-electron chi connectivity index (χ1n) is 9.86. The maximum Gasteiger partial charge on any atom is 0.337 e. The molecular formula is C24H24N2O5S. The maximum absolute atomic E-state index is 13.5. The molecule has 7 nitrogen and oxygen atoms in total. The van der Waals surface area contributed by atoms with Crippen LogP contribution in [0.4, 0.5) is 11.4 Å². The summed E-state index contributed by atoms with van der Waals surface area (Å²) in [6.07, 6.45) is 0. The van der Waals surface area contributed by atoms with E-state index in [4.69, 9.17) is 4.74 Å². The van der Waals surface area contributed by atoms with E-state index in [1.54, 1.807) is 48.5 Å². The zero-order valence-corrected chi connectivity index (χ0v) is 18.8. The second-order valence-corrected chi connectivity index (χ2v) is 9.03. The van der Waals surface area contributed by atoms with Gasteiger partial charge in [0.2, 0.25) is 5.91 Å². The number of methoxy groups -OCH3 is 1. The summed E-state index contributed by atoms with van der Waals surface area (Å²) in [6.45, 7) is 3.25. The van der Waals surface area contributed by atoms with Gasteiger partial charge in [0.25, 0.3) is 10.0 Å². The molecule has 1 amide bonds. The van der Waals surface area contributed by atoms with Crippen LogP contribution in [0.15, 0.2) is 77.7 Å². The summed E-state index contributed by atoms with van der Waals surface area (Å²) < 4.78 is 32.7. The van der Waals surface area contributed by atoms with Crippen LogP contribution in [-0.4, -0.2) is 33.9 Å². The summed E-state index contributed by atoms with van der Waals surface area (Å²) in [4.78, 5) is 24.7. The number of amides is 1. The molecule has 0 aliphatic heterocycles. The highest BCUT2D eigenvalue weighted by molar-refractivity contribution is 7.92. The van der Waals surface area contributed by atoms with Crippen molar-refractivity contribution >= 4 is 33.3 Å². The van der Waals surface area contributed by atoms with Gasteiger partial charge in [0.1, 0.15) is 6.54 Å². The number of carbonyl (C=O) groups is 2. The van der Waals surface area contributed by atoms with Gasteiger partial charge in [0, 0.05) is 5.69 Å². The Morgan fingerprint density at radius 3 is 2.31 bits per heavy atom. The number of carbonyl (C=O) groups excluding carboxylic acids is 2. The Hall–Kier alpha value is -3.65. The Bertz CT molecular complexity index is 1240. The van der Waals surface area contributed by atoms with E-state index >= 15 is 0 Å². The number of esters is 1. The van der Waals surface area contributed by atoms with E-state index < -0.39 is 28.4 Å². The van der Waals surface area contributed by atoms with Gasteiger partial charge in [-0.15, -0.1) is 0 Å². The molecule has 0 saturated heterocycles. The lowest BCUT2D eigenvalue weighted by Crippen LogP contribution is -2.38. The Kier molecular flexibility index (Phi) is 6.95. The summed E-state index contributed by atoms with van der Waals surface area (Å²) >= 11 is 0. The first-order chi connectivity index (χ1) is 15.2. The molecule has 0 aromatic heterocycles. The molecule has 8 heteroatoms. The van der Waals surface area contributed by atoms with Crippen molar-refractivity contribution in [3.05, 3.63) is 89.5 Å². The van der Waals surface area contributed by atoms with Gasteiger partial charge >= 0.3 is 5.97 Å². The summed E-state index contributed by atoms with van der Waals surface area (Å²) in [5.41, 5.74) is 2.71. The molecule has 3 rings (SSSR count). The van der Waals surface area contributed by atoms with Crippen molar-refractivity contribution in [1.29, 1.82) is 0 Å². The van der Waals surface area contributed by atoms with Crippen LogP contribution < -0.4 is 9.62 Å². The molecule has 3 aromatic carbocycles. The summed E-state index contributed by atoms with van der Waals surface area (Å²) in [5, 5.41) is 2.67. The summed E-state index contributed by atoms with van der Waals surface area (Å²) in [5.74, 6) is -1.09. The molecule has 32 heavy (non-hydrogen) atoms. The highest BCUT2D eigenvalue weighted by Gasteiger charge is 2.28. The molecule has 166 valence electrons. The number of benzene rings is 3. The number of aryl methyl sites for hydroxylation is 1. The first kappa shape index (κ1) is 23.0. The lowest BCUT2D eigenvalue weighted by atomic mass is 10.1. The molecule has 3 aromatic rings. The topological polar surface area (TPSA) is 92.8 Å². The second-order valence-electron chi connectivity index (χ2n) is 7.16. The van der Waals surface area contributed by atoms with E-state index in [2.05, 4.69) is 5.32 Å². The van der Waals surface area contributed by atoms with Crippen molar-refractivity contribution < 1.29 is 22.7 Å². The molecule has 0 aliphatic rings. The van der Waals surface area contributed by atoms with E-state index in [1.807, 2.05) is 19.9 Å². The molecular weight excluding hydrogens is 428 g/mol. The van der Waals surface area contributed by atoms with Crippen LogP contribution in [0.1, 0.15) is 21.5 Å². The molecule has 0 bridgehead atoms. The Morgan fingerprint density at radius 2 is 1.62 bits per heavy atom. The minimum atomic E-state index is -4.01. The van der Waals surface area contributed by atoms with E-state index in [0.717, 1.165) is 15.4 Å². The molecule has 1 N–H and O–H groups in total. The zero-order chi connectivity index (χ0) is 23.3. The highest BCUT2D eigenvalue weighted by atomic mass is 32.2. The van der Waals surface area contributed by atoms with Gasteiger partial charge in [-0.25, -0.2) is 13.2 Å². The fourth-order valence-corrected chi connectivity index (χ4v) is 4.70. The number of rotatable bonds is 7. The van der Waals surface area contributed by atoms with Gasteiger partial charge < -0.3 is 10.1 Å². The molecule has 0 heterocycles. The van der Waals surface area contributed by atoms with Gasteiger partial charge in [-0.1, -0.05) is 36.4 Å². The summed E-state index contributed by atoms with van der Waals surface area (Å²) in [7, 11) is -2.74. The fraction of sp³-hybridized carbons (Fsp3) is 0.167. The largest absolute Gasteiger partial charge is 0.465 e. The third-order valence-corrected chi connectivity index (χ3v) is 6.80. The minimum absolute atomic E-state index is 0.0846.